The molecule has 0 aliphatic heterocycles. The van der Waals surface area contributed by atoms with Gasteiger partial charge < -0.3 is 0 Å². The predicted octanol–water partition coefficient (Wildman–Crippen LogP) is 3.33. The molecule has 2 aliphatic carbocycles. The molecule has 0 aromatic carbocycles. The molecule has 0 spiro atoms. The van der Waals surface area contributed by atoms with Crippen LogP contribution in [0, 0.1) is 97.0 Å². The molecule has 0 amide bonds. The average Bonchev–Trinajstić information content (AvgIpc) is 3.57. The Bertz CT molecular complexity index is 504. The van der Waals surface area contributed by atoms with Gasteiger partial charge in [-0.1, -0.05) is 12.2 Å². The van der Waals surface area contributed by atoms with Crippen molar-refractivity contribution in [3.05, 3.63) is 133 Å². The van der Waals surface area contributed by atoms with Crippen molar-refractivity contribution in [2.24, 2.45) is 0 Å². The SMILES string of the molecule is [C-]#[O+].[C-]#[O+].[C-]#[O+].[C-]#[O+].[C-]#[O+].[CH]1[CH][CH][CH][CH]1.[CH]1[CH][CH][C](/C=C/c2ccncc2)[CH]1.[Fe+2].[W]. The Morgan fingerprint density at radius 3 is 1.23 bits per heavy atom. The van der Waals surface area contributed by atoms with Gasteiger partial charge in [0, 0.05) is 39.4 Å². The summed E-state index contributed by atoms with van der Waals surface area (Å²) in [4.78, 5) is 3.96. The van der Waals surface area contributed by atoms with Crippen molar-refractivity contribution in [3.8, 4) is 0 Å². The minimum atomic E-state index is 0. The van der Waals surface area contributed by atoms with Gasteiger partial charge in [-0.15, -0.1) is 0 Å². The van der Waals surface area contributed by atoms with Crippen molar-refractivity contribution >= 4 is 6.08 Å². The standard InChI is InChI=1S/C12H10N.C5H5.5CO.Fe.W/c1-2-4-11(3-1)5-6-12-7-9-13-10-8-12;1-2-4-5-3-1;5*1-2;;/h1-10H;1-5H;;;;;;;/q;;;;;;;+2;/b6-5+;;;;;;;;. The van der Waals surface area contributed by atoms with E-state index in [1.165, 1.54) is 11.5 Å². The van der Waals surface area contributed by atoms with Gasteiger partial charge in [0.25, 0.3) is 0 Å². The predicted molar refractivity (Wildman–Crippen MR) is 94.9 cm³/mol. The van der Waals surface area contributed by atoms with E-state index in [0.29, 0.717) is 0 Å². The van der Waals surface area contributed by atoms with Crippen molar-refractivity contribution < 1.29 is 61.4 Å². The summed E-state index contributed by atoms with van der Waals surface area (Å²) in [5, 5.41) is 0. The number of nitrogens with zero attached hydrogens (tertiary/aromatic N) is 1. The van der Waals surface area contributed by atoms with Crippen LogP contribution in [0.5, 0.6) is 0 Å². The monoisotopic (exact) mass is 613 g/mol. The van der Waals surface area contributed by atoms with Gasteiger partial charge in [0.1, 0.15) is 0 Å². The number of rotatable bonds is 2. The average molecular weight is 613 g/mol. The number of hydrogen-bond donors (Lipinski definition) is 0. The molecule has 0 atom stereocenters. The first-order valence-electron chi connectivity index (χ1n) is 6.94. The van der Waals surface area contributed by atoms with Crippen LogP contribution in [0.25, 0.3) is 6.08 Å². The molecule has 2 saturated carbocycles. The van der Waals surface area contributed by atoms with Gasteiger partial charge in [-0.05, 0) is 75.5 Å². The molecule has 3 rings (SSSR count). The van der Waals surface area contributed by atoms with Gasteiger partial charge >= 0.3 is 73.6 Å². The van der Waals surface area contributed by atoms with Crippen LogP contribution in [0.4, 0.5) is 0 Å². The van der Waals surface area contributed by atoms with Crippen LogP contribution >= 0.6 is 0 Å². The molecule has 1 aromatic heterocycles. The van der Waals surface area contributed by atoms with Gasteiger partial charge in [0.2, 0.25) is 0 Å². The molecule has 2 aliphatic rings. The van der Waals surface area contributed by atoms with E-state index in [4.69, 9.17) is 23.3 Å². The quantitative estimate of drug-likeness (QED) is 0.285. The third-order valence-electron chi connectivity index (χ3n) is 2.42. The van der Waals surface area contributed by atoms with Crippen molar-refractivity contribution in [2.45, 2.75) is 0 Å². The number of hydrogen-bond acceptors (Lipinski definition) is 1. The van der Waals surface area contributed by atoms with E-state index in [0.717, 1.165) is 0 Å². The second-order valence-corrected chi connectivity index (χ2v) is 3.79. The molecule has 2 fully saturated rings. The summed E-state index contributed by atoms with van der Waals surface area (Å²) in [6.07, 6.45) is 26.0. The van der Waals surface area contributed by atoms with Crippen LogP contribution in [0.2, 0.25) is 0 Å². The summed E-state index contributed by atoms with van der Waals surface area (Å²) in [6, 6.07) is 3.97. The maximum absolute atomic E-state index is 7.50. The molecule has 0 saturated heterocycles. The summed E-state index contributed by atoms with van der Waals surface area (Å²) in [6.45, 7) is 22.5. The van der Waals surface area contributed by atoms with E-state index < -0.39 is 0 Å². The second kappa shape index (κ2) is 46.2. The first-order valence-corrected chi connectivity index (χ1v) is 6.94. The number of aromatic nitrogens is 1. The molecule has 0 bridgehead atoms. The van der Waals surface area contributed by atoms with Crippen molar-refractivity contribution in [1.29, 1.82) is 0 Å². The molecule has 6 nitrogen and oxygen atoms in total. The van der Waals surface area contributed by atoms with E-state index in [1.54, 1.807) is 12.4 Å². The second-order valence-electron chi connectivity index (χ2n) is 3.79. The van der Waals surface area contributed by atoms with Crippen LogP contribution in [0.15, 0.2) is 30.6 Å². The Labute approximate surface area is 205 Å². The van der Waals surface area contributed by atoms with Crippen molar-refractivity contribution in [1.82, 2.24) is 4.98 Å². The first-order chi connectivity index (χ1) is 13.9. The summed E-state index contributed by atoms with van der Waals surface area (Å²) < 4.78 is 37.5. The van der Waals surface area contributed by atoms with Gasteiger partial charge in [0.15, 0.2) is 0 Å². The van der Waals surface area contributed by atoms with Crippen LogP contribution < -0.4 is 0 Å². The third kappa shape index (κ3) is 31.5. The minimum absolute atomic E-state index is 0. The molecule has 0 N–H and O–H groups in total. The first kappa shape index (κ1) is 42.8. The fourth-order valence-electron chi connectivity index (χ4n) is 1.49. The Balaban J connectivity index is -0.0000000721. The van der Waals surface area contributed by atoms with E-state index >= 15 is 0 Å². The molecule has 0 unspecified atom stereocenters. The van der Waals surface area contributed by atoms with Crippen molar-refractivity contribution in [3.63, 3.8) is 0 Å². The van der Waals surface area contributed by atoms with Crippen molar-refractivity contribution in [2.75, 3.05) is 0 Å². The molecule has 8 heteroatoms. The summed E-state index contributed by atoms with van der Waals surface area (Å²) >= 11 is 0. The maximum Gasteiger partial charge on any atom is 2.00 e. The molecular formula is C22H15FeNO5W+2. The zero-order valence-corrected chi connectivity index (χ0v) is 19.4. The van der Waals surface area contributed by atoms with Gasteiger partial charge in [0.05, 0.1) is 0 Å². The molecule has 150 valence electrons. The van der Waals surface area contributed by atoms with Gasteiger partial charge in [-0.2, -0.15) is 0 Å². The fraction of sp³-hybridized carbons (Fsp3) is 0. The fourth-order valence-corrected chi connectivity index (χ4v) is 1.49. The van der Waals surface area contributed by atoms with Crippen LogP contribution in [-0.2, 0) is 61.4 Å². The van der Waals surface area contributed by atoms with E-state index in [2.05, 4.69) is 63.2 Å². The van der Waals surface area contributed by atoms with Gasteiger partial charge in [-0.3, -0.25) is 4.98 Å². The Hall–Kier alpha value is -1.20. The summed E-state index contributed by atoms with van der Waals surface area (Å²) in [5.41, 5.74) is 1.18. The van der Waals surface area contributed by atoms with E-state index in [9.17, 15) is 0 Å². The summed E-state index contributed by atoms with van der Waals surface area (Å²) in [5.74, 6) is 1.23. The Morgan fingerprint density at radius 1 is 0.567 bits per heavy atom. The van der Waals surface area contributed by atoms with Gasteiger partial charge in [-0.25, -0.2) is 0 Å². The molecule has 1 heterocycles. The van der Waals surface area contributed by atoms with E-state index in [-0.39, 0.29) is 38.1 Å². The van der Waals surface area contributed by atoms with E-state index in [1.807, 2.05) is 57.1 Å². The third-order valence-corrected chi connectivity index (χ3v) is 2.42. The Morgan fingerprint density at radius 2 is 0.900 bits per heavy atom. The normalized spacial score (nSPS) is 12.3. The van der Waals surface area contributed by atoms with Crippen LogP contribution in [-0.4, -0.2) is 4.98 Å². The van der Waals surface area contributed by atoms with Crippen LogP contribution in [0.3, 0.4) is 0 Å². The molecular weight excluding hydrogens is 598 g/mol. The number of allylic oxidation sites excluding steroid dienone is 1. The molecule has 1 aromatic rings. The zero-order chi connectivity index (χ0) is 22.5. The topological polar surface area (TPSA) is 112 Å². The zero-order valence-electron chi connectivity index (χ0n) is 15.4. The minimum Gasteiger partial charge on any atom is -0.265 e. The van der Waals surface area contributed by atoms with Crippen LogP contribution in [0.1, 0.15) is 5.56 Å². The molecule has 10 radical (unpaired) electrons. The largest absolute Gasteiger partial charge is 2.00 e. The Kier molecular flexibility index (Phi) is 65.9. The smallest absolute Gasteiger partial charge is 0.265 e. The maximum atomic E-state index is 7.50. The number of pyridine rings is 1. The summed E-state index contributed by atoms with van der Waals surface area (Å²) in [7, 11) is 0. The molecule has 30 heavy (non-hydrogen) atoms.